The molecule has 0 spiro atoms. The molecule has 3 aromatic carbocycles. The predicted molar refractivity (Wildman–Crippen MR) is 474 cm³/mol. The van der Waals surface area contributed by atoms with E-state index in [1.54, 1.807) is 29.4 Å². The summed E-state index contributed by atoms with van der Waals surface area (Å²) in [5, 5.41) is 17.6. The van der Waals surface area contributed by atoms with E-state index in [2.05, 4.69) is 41.7 Å². The van der Waals surface area contributed by atoms with Gasteiger partial charge in [-0.1, -0.05) is 72.8 Å². The first kappa shape index (κ1) is 105. The number of rotatable bonds is 66. The van der Waals surface area contributed by atoms with Crippen LogP contribution in [0.15, 0.2) is 72.8 Å². The minimum Gasteiger partial charge on any atom is -0.356 e. The summed E-state index contributed by atoms with van der Waals surface area (Å²) >= 11 is 0. The summed E-state index contributed by atoms with van der Waals surface area (Å²) < 4.78 is 0. The van der Waals surface area contributed by atoms with Crippen LogP contribution < -0.4 is 31.9 Å². The van der Waals surface area contributed by atoms with Gasteiger partial charge in [-0.25, -0.2) is 0 Å². The Kier molecular flexibility index (Phi) is 54.6. The van der Waals surface area contributed by atoms with Crippen LogP contribution in [0.5, 0.6) is 0 Å². The molecule has 0 radical (unpaired) electrons. The fourth-order valence-electron chi connectivity index (χ4n) is 13.2. The molecule has 0 aliphatic heterocycles. The van der Waals surface area contributed by atoms with Crippen molar-refractivity contribution in [1.29, 1.82) is 0 Å². The molecule has 0 saturated carbocycles. The molecule has 6 N–H and O–H groups in total. The Hall–Kier alpha value is -8.94. The molecule has 0 aromatic heterocycles. The third-order valence-electron chi connectivity index (χ3n) is 20.4. The lowest BCUT2D eigenvalue weighted by Gasteiger charge is -2.26. The van der Waals surface area contributed by atoms with Gasteiger partial charge >= 0.3 is 0 Å². The third kappa shape index (κ3) is 50.3. The van der Waals surface area contributed by atoms with Crippen molar-refractivity contribution in [2.45, 2.75) is 194 Å². The smallest absolute Gasteiger partial charge is 0.223 e. The van der Waals surface area contributed by atoms with Crippen molar-refractivity contribution < 1.29 is 57.5 Å². The maximum atomic E-state index is 14.4. The molecule has 12 amide bonds. The van der Waals surface area contributed by atoms with Crippen molar-refractivity contribution in [2.24, 2.45) is 0 Å². The van der Waals surface area contributed by atoms with Crippen LogP contribution in [0.1, 0.15) is 188 Å². The van der Waals surface area contributed by atoms with Crippen LogP contribution in [0.3, 0.4) is 0 Å². The fourth-order valence-corrected chi connectivity index (χ4v) is 13.2. The van der Waals surface area contributed by atoms with Crippen LogP contribution in [0.25, 0.3) is 0 Å². The highest BCUT2D eigenvalue weighted by Crippen LogP contribution is 2.20. The molecule has 3 aromatic rings. The first-order valence-corrected chi connectivity index (χ1v) is 43.7. The number of carbonyl (C=O) groups is 12. The Bertz CT molecular complexity index is 3260. The molecule has 0 heterocycles. The topological polar surface area (TPSA) is 316 Å². The highest BCUT2D eigenvalue weighted by atomic mass is 16.2. The summed E-state index contributed by atoms with van der Waals surface area (Å²) in [7, 11) is 23.6. The van der Waals surface area contributed by atoms with Crippen molar-refractivity contribution in [3.8, 4) is 0 Å². The Labute approximate surface area is 718 Å². The van der Waals surface area contributed by atoms with Gasteiger partial charge in [-0.2, -0.15) is 0 Å². The Morgan fingerprint density at radius 1 is 0.200 bits per heavy atom. The molecular weight excluding hydrogens is 1530 g/mol. The van der Waals surface area contributed by atoms with Crippen molar-refractivity contribution in [3.05, 3.63) is 106 Å². The molecule has 0 aliphatic rings. The number of nitrogens with one attached hydrogen (secondary N) is 6. The predicted octanol–water partition coefficient (Wildman–Crippen LogP) is 5.75. The van der Waals surface area contributed by atoms with Gasteiger partial charge in [-0.15, -0.1) is 0 Å². The molecule has 120 heavy (non-hydrogen) atoms. The van der Waals surface area contributed by atoms with Gasteiger partial charge in [0.1, 0.15) is 0 Å². The molecule has 0 saturated heterocycles. The maximum Gasteiger partial charge on any atom is 0.223 e. The molecule has 0 fully saturated rings. The van der Waals surface area contributed by atoms with Crippen molar-refractivity contribution in [2.75, 3.05) is 202 Å². The van der Waals surface area contributed by atoms with Crippen LogP contribution in [-0.2, 0) is 96.8 Å². The van der Waals surface area contributed by atoms with Gasteiger partial charge in [0.2, 0.25) is 70.9 Å². The van der Waals surface area contributed by atoms with E-state index >= 15 is 0 Å². The summed E-state index contributed by atoms with van der Waals surface area (Å²) in [4.78, 5) is 184. The average molecular weight is 1680 g/mol. The molecular formula is C90H152N18O12. The van der Waals surface area contributed by atoms with Gasteiger partial charge in [0, 0.05) is 195 Å². The molecule has 674 valence electrons. The summed E-state index contributed by atoms with van der Waals surface area (Å²) in [5.74, 6) is -2.24. The lowest BCUT2D eigenvalue weighted by Crippen LogP contribution is -2.35. The Balaban J connectivity index is 1.90. The van der Waals surface area contributed by atoms with Crippen molar-refractivity contribution in [1.82, 2.24) is 90.7 Å². The van der Waals surface area contributed by atoms with Crippen LogP contribution in [0.4, 0.5) is 0 Å². The fraction of sp³-hybridized carbons (Fsp3) is 0.667. The second-order valence-electron chi connectivity index (χ2n) is 33.0. The SMILES string of the molecule is CCN(Cc1ccc(CN(CCCCN(Cc2ccc(CN(CCCCN(Cc3ccc(CN(CC)C(=O)CCC(=O)NCCCN(C)C)cc3)C(=O)CCC(=O)NCCCN(C)C)C(=O)CCC(=O)NCCCN(C)C)cc2)C(=O)CCC(=O)NCCCN(C)C)C(=O)CCC(=O)NCCCN(C)C)cc1)C(=O)CCC(=O)NCCCN(C)C. The van der Waals surface area contributed by atoms with E-state index in [9.17, 15) is 57.5 Å². The van der Waals surface area contributed by atoms with E-state index in [1.165, 1.54) is 0 Å². The van der Waals surface area contributed by atoms with Crippen LogP contribution in [0, 0.1) is 0 Å². The summed E-state index contributed by atoms with van der Waals surface area (Å²) in [6.07, 6.45) is 7.02. The zero-order valence-corrected chi connectivity index (χ0v) is 75.7. The first-order chi connectivity index (χ1) is 57.3. The third-order valence-corrected chi connectivity index (χ3v) is 20.4. The molecule has 3 rings (SSSR count). The van der Waals surface area contributed by atoms with Gasteiger partial charge in [0.05, 0.1) is 0 Å². The lowest BCUT2D eigenvalue weighted by molar-refractivity contribution is -0.135. The maximum absolute atomic E-state index is 14.4. The Morgan fingerprint density at radius 3 is 0.483 bits per heavy atom. The quantitative estimate of drug-likeness (QED) is 0.0367. The highest BCUT2D eigenvalue weighted by Gasteiger charge is 2.24. The van der Waals surface area contributed by atoms with E-state index in [0.717, 1.165) is 111 Å². The second-order valence-corrected chi connectivity index (χ2v) is 33.0. The van der Waals surface area contributed by atoms with Gasteiger partial charge in [0.25, 0.3) is 0 Å². The number of unbranched alkanes of at least 4 members (excludes halogenated alkanes) is 2. The first-order valence-electron chi connectivity index (χ1n) is 43.7. The van der Waals surface area contributed by atoms with E-state index in [4.69, 9.17) is 0 Å². The standard InChI is InChI=1S/C90H152N18O12/c1-15-103(85(115)45-39-79(109)91-51-21-57-97(3)4)67-73-27-31-75(32-28-73)69-105(87(117)47-41-81(111)93-53-23-59-99(7)8)63-17-19-65-107(89(119)49-43-83(113)95-55-25-61-101(11)12)71-77-35-37-78(38-36-77)72-108(90(120)50-44-84(114)96-56-26-62-102(13)14)66-20-18-64-106(88(118)48-42-82(112)94-54-24-60-100(9)10)70-76-33-29-74(30-34-76)68-104(16-2)86(116)46-40-80(110)92-52-22-58-98(5)6/h27-38H,15-26,39-72H2,1-14H3,(H,91,109)(H,92,110)(H,93,111)(H,94,112)(H,95,113)(H,96,114). The van der Waals surface area contributed by atoms with Crippen LogP contribution in [-0.4, -0.2) is 332 Å². The van der Waals surface area contributed by atoms with Gasteiger partial charge in [-0.05, 0) is 235 Å². The van der Waals surface area contributed by atoms with Crippen LogP contribution >= 0.6 is 0 Å². The van der Waals surface area contributed by atoms with E-state index in [-0.39, 0.29) is 174 Å². The van der Waals surface area contributed by atoms with E-state index in [1.807, 2.05) is 191 Å². The molecule has 0 atom stereocenters. The van der Waals surface area contributed by atoms with E-state index in [0.29, 0.717) is 117 Å². The number of amides is 12. The minimum absolute atomic E-state index is 0.00263. The number of benzene rings is 3. The number of carbonyl (C=O) groups excluding carboxylic acids is 12. The molecule has 30 nitrogen and oxygen atoms in total. The number of nitrogens with zero attached hydrogens (tertiary/aromatic N) is 12. The zero-order chi connectivity index (χ0) is 88.6. The molecule has 0 unspecified atom stereocenters. The summed E-state index contributed by atoms with van der Waals surface area (Å²) in [6, 6.07) is 23.2. The molecule has 0 bridgehead atoms. The monoisotopic (exact) mass is 1680 g/mol. The average Bonchev–Trinajstić information content (AvgIpc) is 0.871. The van der Waals surface area contributed by atoms with Crippen LogP contribution in [0.2, 0.25) is 0 Å². The zero-order valence-electron chi connectivity index (χ0n) is 75.7. The van der Waals surface area contributed by atoms with E-state index < -0.39 is 0 Å². The van der Waals surface area contributed by atoms with Gasteiger partial charge in [-0.3, -0.25) is 57.5 Å². The summed E-state index contributed by atoms with van der Waals surface area (Å²) in [6.45, 7) is 15.5. The largest absolute Gasteiger partial charge is 0.356 e. The molecule has 0 aliphatic carbocycles. The highest BCUT2D eigenvalue weighted by molar-refractivity contribution is 5.87. The van der Waals surface area contributed by atoms with Crippen molar-refractivity contribution >= 4 is 70.9 Å². The lowest BCUT2D eigenvalue weighted by atomic mass is 10.1. The van der Waals surface area contributed by atoms with Gasteiger partial charge < -0.3 is 90.7 Å². The van der Waals surface area contributed by atoms with Gasteiger partial charge in [0.15, 0.2) is 0 Å². The molecule has 30 heteroatoms. The number of hydrogen-bond donors (Lipinski definition) is 6. The second kappa shape index (κ2) is 62.2. The normalized spacial score (nSPS) is 11.3. The number of hydrogen-bond acceptors (Lipinski definition) is 18. The Morgan fingerprint density at radius 2 is 0.342 bits per heavy atom. The summed E-state index contributed by atoms with van der Waals surface area (Å²) in [5.41, 5.74) is 5.10. The minimum atomic E-state index is -0.223. The van der Waals surface area contributed by atoms with Crippen molar-refractivity contribution in [3.63, 3.8) is 0 Å².